The summed E-state index contributed by atoms with van der Waals surface area (Å²) >= 11 is 2.96. The molecule has 0 amide bonds. The summed E-state index contributed by atoms with van der Waals surface area (Å²) in [7, 11) is 1.65. The molecule has 0 aliphatic heterocycles. The predicted octanol–water partition coefficient (Wildman–Crippen LogP) is 1.04. The first-order chi connectivity index (χ1) is 9.60. The molecule has 0 saturated heterocycles. The van der Waals surface area contributed by atoms with Crippen molar-refractivity contribution in [3.8, 4) is 0 Å². The van der Waals surface area contributed by atoms with Crippen LogP contribution < -0.4 is 16.4 Å². The van der Waals surface area contributed by atoms with Gasteiger partial charge in [-0.1, -0.05) is 18.7 Å². The number of H-pyrrole nitrogens is 1. The lowest BCUT2D eigenvalue weighted by molar-refractivity contribution is 0.596. The number of nitrogens with one attached hydrogen (secondary N) is 2. The first-order valence-corrected chi connectivity index (χ1v) is 7.89. The molecule has 0 unspecified atom stereocenters. The summed E-state index contributed by atoms with van der Waals surface area (Å²) < 4.78 is 1.45. The molecular weight excluding hydrogens is 298 g/mol. The van der Waals surface area contributed by atoms with Crippen molar-refractivity contribution < 1.29 is 0 Å². The number of hydrogen-bond donors (Lipinski definition) is 2. The molecule has 2 aromatic rings. The minimum Gasteiger partial charge on any atom is -0.362 e. The molecule has 0 aliphatic rings. The van der Waals surface area contributed by atoms with Gasteiger partial charge >= 0.3 is 11.1 Å². The second kappa shape index (κ2) is 6.71. The van der Waals surface area contributed by atoms with E-state index >= 15 is 0 Å². The molecule has 0 bridgehead atoms. The molecule has 9 heteroatoms. The fourth-order valence-corrected chi connectivity index (χ4v) is 3.19. The summed E-state index contributed by atoms with van der Waals surface area (Å²) in [5, 5.41) is 7.01. The van der Waals surface area contributed by atoms with Gasteiger partial charge < -0.3 is 5.32 Å². The van der Waals surface area contributed by atoms with Gasteiger partial charge in [0.2, 0.25) is 0 Å². The Hall–Kier alpha value is -1.61. The number of hydrogen-bond acceptors (Lipinski definition) is 7. The Kier molecular flexibility index (Phi) is 4.96. The van der Waals surface area contributed by atoms with E-state index in [0.717, 1.165) is 23.0 Å². The monoisotopic (exact) mass is 313 g/mol. The van der Waals surface area contributed by atoms with Crippen LogP contribution >= 0.6 is 23.1 Å². The molecule has 0 spiro atoms. The summed E-state index contributed by atoms with van der Waals surface area (Å²) in [5.41, 5.74) is -1.47. The number of nitrogens with zero attached hydrogens (tertiary/aromatic N) is 3. The average Bonchev–Trinajstić information content (AvgIpc) is 2.87. The maximum Gasteiger partial charge on any atom is 0.339 e. The van der Waals surface area contributed by atoms with Crippen molar-refractivity contribution in [2.45, 2.75) is 24.3 Å². The molecule has 20 heavy (non-hydrogen) atoms. The smallest absolute Gasteiger partial charge is 0.339 e. The number of anilines is 1. The van der Waals surface area contributed by atoms with Crippen LogP contribution in [-0.4, -0.2) is 26.3 Å². The fourth-order valence-electron chi connectivity index (χ4n) is 1.41. The number of aromatic nitrogens is 4. The van der Waals surface area contributed by atoms with Crippen molar-refractivity contribution in [1.29, 1.82) is 0 Å². The summed E-state index contributed by atoms with van der Waals surface area (Å²) in [5.74, 6) is 0.651. The Morgan fingerprint density at radius 2 is 2.30 bits per heavy atom. The second-order valence-electron chi connectivity index (χ2n) is 4.05. The van der Waals surface area contributed by atoms with Gasteiger partial charge in [-0.25, -0.2) is 4.98 Å². The Labute approximate surface area is 123 Å². The zero-order valence-electron chi connectivity index (χ0n) is 11.2. The number of aryl methyl sites for hydroxylation is 1. The van der Waals surface area contributed by atoms with Crippen molar-refractivity contribution in [2.24, 2.45) is 7.05 Å². The second-order valence-corrected chi connectivity index (χ2v) is 6.10. The van der Waals surface area contributed by atoms with E-state index in [-0.39, 0.29) is 0 Å². The first-order valence-electron chi connectivity index (χ1n) is 6.09. The highest BCUT2D eigenvalue weighted by molar-refractivity contribution is 7.98. The molecule has 7 nitrogen and oxygen atoms in total. The van der Waals surface area contributed by atoms with Crippen molar-refractivity contribution in [3.05, 3.63) is 31.8 Å². The number of rotatable bonds is 6. The summed E-state index contributed by atoms with van der Waals surface area (Å²) in [6.07, 6.45) is 2.85. The topological polar surface area (TPSA) is 92.7 Å². The molecule has 0 fully saturated rings. The van der Waals surface area contributed by atoms with Crippen molar-refractivity contribution >= 4 is 28.2 Å². The minimum atomic E-state index is -0.764. The number of thioether (sulfide) groups is 1. The molecule has 2 N–H and O–H groups in total. The third kappa shape index (κ3) is 3.70. The lowest BCUT2D eigenvalue weighted by atomic mass is 10.5. The summed E-state index contributed by atoms with van der Waals surface area (Å²) in [6, 6.07) is 0. The van der Waals surface area contributed by atoms with E-state index in [9.17, 15) is 9.59 Å². The van der Waals surface area contributed by atoms with E-state index < -0.39 is 11.1 Å². The highest BCUT2D eigenvalue weighted by atomic mass is 32.2. The molecule has 0 aromatic carbocycles. The van der Waals surface area contributed by atoms with Crippen molar-refractivity contribution in [2.75, 3.05) is 11.9 Å². The van der Waals surface area contributed by atoms with Gasteiger partial charge in [0.15, 0.2) is 10.3 Å². The fraction of sp³-hybridized carbons (Fsp3) is 0.455. The normalized spacial score (nSPS) is 10.7. The molecule has 0 atom stereocenters. The quantitative estimate of drug-likeness (QED) is 0.611. The van der Waals surface area contributed by atoms with Gasteiger partial charge in [-0.2, -0.15) is 4.98 Å². The largest absolute Gasteiger partial charge is 0.362 e. The van der Waals surface area contributed by atoms with E-state index in [1.165, 1.54) is 16.4 Å². The van der Waals surface area contributed by atoms with Gasteiger partial charge in [0.05, 0.1) is 0 Å². The van der Waals surface area contributed by atoms with Gasteiger partial charge in [-0.3, -0.25) is 19.4 Å². The molecule has 0 saturated carbocycles. The highest BCUT2D eigenvalue weighted by Gasteiger charge is 2.07. The maximum atomic E-state index is 11.2. The molecule has 2 aromatic heterocycles. The van der Waals surface area contributed by atoms with Crippen molar-refractivity contribution in [1.82, 2.24) is 19.7 Å². The number of aromatic amines is 1. The molecule has 108 valence electrons. The zero-order valence-corrected chi connectivity index (χ0v) is 12.8. The Balaban J connectivity index is 2.02. The van der Waals surface area contributed by atoms with E-state index in [1.807, 2.05) is 0 Å². The molecule has 0 aliphatic carbocycles. The standard InChI is InChI=1S/C11H15N5O2S2/c1-3-4-12-10-13-5-7(20-10)6-19-11-14-8(17)9(18)15-16(11)2/h5H,3-4,6H2,1-2H3,(H,12,13)(H,15,18). The highest BCUT2D eigenvalue weighted by Crippen LogP contribution is 2.25. The molecule has 2 rings (SSSR count). The van der Waals surface area contributed by atoms with Gasteiger partial charge in [0.1, 0.15) is 0 Å². The van der Waals surface area contributed by atoms with Gasteiger partial charge in [0.25, 0.3) is 0 Å². The molecule has 2 heterocycles. The minimum absolute atomic E-state index is 0.478. The summed E-state index contributed by atoms with van der Waals surface area (Å²) in [6.45, 7) is 3.00. The summed E-state index contributed by atoms with van der Waals surface area (Å²) in [4.78, 5) is 31.4. The van der Waals surface area contributed by atoms with Crippen molar-refractivity contribution in [3.63, 3.8) is 0 Å². The van der Waals surface area contributed by atoms with E-state index in [0.29, 0.717) is 10.9 Å². The Bertz CT molecular complexity index is 691. The SMILES string of the molecule is CCCNc1ncc(CSc2nc(=O)c(=O)[nH]n2C)s1. The first kappa shape index (κ1) is 14.8. The van der Waals surface area contributed by atoms with Crippen LogP contribution in [0.1, 0.15) is 18.2 Å². The van der Waals surface area contributed by atoms with Crippen LogP contribution in [0.25, 0.3) is 0 Å². The third-order valence-corrected chi connectivity index (χ3v) is 4.59. The van der Waals surface area contributed by atoms with Crippen LogP contribution in [0.2, 0.25) is 0 Å². The van der Waals surface area contributed by atoms with Crippen LogP contribution in [0, 0.1) is 0 Å². The Morgan fingerprint density at radius 1 is 1.50 bits per heavy atom. The van der Waals surface area contributed by atoms with E-state index in [1.54, 1.807) is 24.6 Å². The van der Waals surface area contributed by atoms with Crippen LogP contribution in [0.3, 0.4) is 0 Å². The average molecular weight is 313 g/mol. The molecule has 0 radical (unpaired) electrons. The van der Waals surface area contributed by atoms with Crippen LogP contribution in [-0.2, 0) is 12.8 Å². The predicted molar refractivity (Wildman–Crippen MR) is 80.6 cm³/mol. The maximum absolute atomic E-state index is 11.2. The van der Waals surface area contributed by atoms with Crippen LogP contribution in [0.5, 0.6) is 0 Å². The van der Waals surface area contributed by atoms with Gasteiger partial charge in [-0.15, -0.1) is 11.3 Å². The van der Waals surface area contributed by atoms with E-state index in [2.05, 4.69) is 27.3 Å². The van der Waals surface area contributed by atoms with E-state index in [4.69, 9.17) is 0 Å². The lowest BCUT2D eigenvalue weighted by Gasteiger charge is -2.04. The van der Waals surface area contributed by atoms with Crippen LogP contribution in [0.15, 0.2) is 20.9 Å². The van der Waals surface area contributed by atoms with Gasteiger partial charge in [0, 0.05) is 30.4 Å². The third-order valence-electron chi connectivity index (χ3n) is 2.37. The number of thiazole rings is 1. The lowest BCUT2D eigenvalue weighted by Crippen LogP contribution is -2.33. The molecular formula is C11H15N5O2S2. The van der Waals surface area contributed by atoms with Gasteiger partial charge in [-0.05, 0) is 6.42 Å². The zero-order chi connectivity index (χ0) is 14.5. The van der Waals surface area contributed by atoms with Crippen LogP contribution in [0.4, 0.5) is 5.13 Å². The Morgan fingerprint density at radius 3 is 3.05 bits per heavy atom.